The monoisotopic (exact) mass is 439 g/mol. The van der Waals surface area contributed by atoms with Crippen molar-refractivity contribution >= 4 is 33.0 Å². The molecular formula is C19H22ClN3O3S2. The third-order valence-corrected chi connectivity index (χ3v) is 7.49. The summed E-state index contributed by atoms with van der Waals surface area (Å²) in [6.07, 6.45) is 1.69. The van der Waals surface area contributed by atoms with Crippen LogP contribution >= 0.6 is 22.9 Å². The summed E-state index contributed by atoms with van der Waals surface area (Å²) in [7, 11) is -2.06. The number of thiophene rings is 1. The molecule has 0 radical (unpaired) electrons. The van der Waals surface area contributed by atoms with Crippen molar-refractivity contribution in [3.63, 3.8) is 0 Å². The lowest BCUT2D eigenvalue weighted by Gasteiger charge is -2.23. The van der Waals surface area contributed by atoms with Crippen molar-refractivity contribution in [2.45, 2.75) is 30.6 Å². The van der Waals surface area contributed by atoms with Crippen LogP contribution in [0.25, 0.3) is 0 Å². The van der Waals surface area contributed by atoms with Gasteiger partial charge in [-0.15, -0.1) is 11.3 Å². The number of ether oxygens (including phenoxy) is 1. The maximum Gasteiger partial charge on any atom is 0.250 e. The molecule has 1 unspecified atom stereocenters. The van der Waals surface area contributed by atoms with E-state index in [1.165, 1.54) is 6.07 Å². The van der Waals surface area contributed by atoms with Gasteiger partial charge in [0.25, 0.3) is 10.0 Å². The van der Waals surface area contributed by atoms with Gasteiger partial charge in [-0.1, -0.05) is 37.6 Å². The van der Waals surface area contributed by atoms with E-state index in [0.29, 0.717) is 10.9 Å². The Morgan fingerprint density at radius 1 is 1.18 bits per heavy atom. The molecule has 1 aromatic carbocycles. The van der Waals surface area contributed by atoms with Crippen molar-refractivity contribution in [2.24, 2.45) is 5.92 Å². The summed E-state index contributed by atoms with van der Waals surface area (Å²) in [5, 5.41) is 4.40. The van der Waals surface area contributed by atoms with E-state index in [2.05, 4.69) is 9.82 Å². The van der Waals surface area contributed by atoms with Crippen molar-refractivity contribution < 1.29 is 13.2 Å². The lowest BCUT2D eigenvalue weighted by atomic mass is 10.0. The predicted octanol–water partition coefficient (Wildman–Crippen LogP) is 4.33. The fraction of sp³-hybridized carbons (Fsp3) is 0.316. The van der Waals surface area contributed by atoms with Crippen molar-refractivity contribution in [2.75, 3.05) is 7.11 Å². The van der Waals surface area contributed by atoms with Crippen molar-refractivity contribution in [1.29, 1.82) is 0 Å². The highest BCUT2D eigenvalue weighted by Crippen LogP contribution is 2.29. The summed E-state index contributed by atoms with van der Waals surface area (Å²) >= 11 is 6.94. The second-order valence-electron chi connectivity index (χ2n) is 6.66. The third-order valence-electron chi connectivity index (χ3n) is 4.32. The first-order valence-corrected chi connectivity index (χ1v) is 11.4. The summed E-state index contributed by atoms with van der Waals surface area (Å²) in [5.41, 5.74) is 1.85. The molecule has 3 aromatic rings. The van der Waals surface area contributed by atoms with Gasteiger partial charge in [0.05, 0.1) is 29.7 Å². The van der Waals surface area contributed by atoms with Gasteiger partial charge in [-0.2, -0.15) is 5.10 Å². The summed E-state index contributed by atoms with van der Waals surface area (Å²) < 4.78 is 36.0. The quantitative estimate of drug-likeness (QED) is 0.566. The standard InChI is InChI=1S/C19H22ClN3O3S2/c1-13(2)19(22-28(24,25)18-9-8-17(20)27-18)16-10-11-21-23(16)12-14-4-6-15(26-3)7-5-14/h4-11,13,19,22H,12H2,1-3H3. The van der Waals surface area contributed by atoms with E-state index in [4.69, 9.17) is 16.3 Å². The molecule has 6 nitrogen and oxygen atoms in total. The van der Waals surface area contributed by atoms with Crippen LogP contribution in [0, 0.1) is 5.92 Å². The number of nitrogens with zero attached hydrogens (tertiary/aromatic N) is 2. The first-order valence-electron chi connectivity index (χ1n) is 8.72. The molecule has 0 bridgehead atoms. The molecule has 0 saturated carbocycles. The van der Waals surface area contributed by atoms with E-state index in [9.17, 15) is 8.42 Å². The number of sulfonamides is 1. The number of hydrogen-bond acceptors (Lipinski definition) is 5. The number of nitrogens with one attached hydrogen (secondary N) is 1. The Kier molecular flexibility index (Phi) is 6.44. The molecule has 0 aliphatic rings. The molecule has 0 aliphatic carbocycles. The number of halogens is 1. The van der Waals surface area contributed by atoms with Crippen LogP contribution < -0.4 is 9.46 Å². The molecule has 1 atom stereocenters. The predicted molar refractivity (Wildman–Crippen MR) is 112 cm³/mol. The van der Waals surface area contributed by atoms with Crippen LogP contribution in [0.3, 0.4) is 0 Å². The summed E-state index contributed by atoms with van der Waals surface area (Å²) in [6.45, 7) is 4.47. The fourth-order valence-electron chi connectivity index (χ4n) is 2.85. The zero-order chi connectivity index (χ0) is 20.3. The highest BCUT2D eigenvalue weighted by Gasteiger charge is 2.27. The minimum atomic E-state index is -3.68. The lowest BCUT2D eigenvalue weighted by Crippen LogP contribution is -2.33. The van der Waals surface area contributed by atoms with E-state index in [0.717, 1.165) is 28.3 Å². The highest BCUT2D eigenvalue weighted by molar-refractivity contribution is 7.91. The summed E-state index contributed by atoms with van der Waals surface area (Å²) in [4.78, 5) is 0. The Morgan fingerprint density at radius 3 is 2.46 bits per heavy atom. The van der Waals surface area contributed by atoms with E-state index in [1.807, 2.05) is 48.9 Å². The first-order chi connectivity index (χ1) is 13.3. The Labute approximate surface area is 174 Å². The highest BCUT2D eigenvalue weighted by atomic mass is 35.5. The smallest absolute Gasteiger partial charge is 0.250 e. The average Bonchev–Trinajstić information content (AvgIpc) is 3.29. The molecule has 0 saturated heterocycles. The summed E-state index contributed by atoms with van der Waals surface area (Å²) in [6, 6.07) is 12.2. The van der Waals surface area contributed by atoms with Gasteiger partial charge in [0.1, 0.15) is 9.96 Å². The normalized spacial score (nSPS) is 13.0. The largest absolute Gasteiger partial charge is 0.497 e. The van der Waals surface area contributed by atoms with Crippen LogP contribution in [0.4, 0.5) is 0 Å². The van der Waals surface area contributed by atoms with E-state index in [-0.39, 0.29) is 10.1 Å². The van der Waals surface area contributed by atoms with Crippen LogP contribution in [-0.4, -0.2) is 25.3 Å². The second-order valence-corrected chi connectivity index (χ2v) is 10.3. The molecule has 0 fully saturated rings. The van der Waals surface area contributed by atoms with Crippen molar-refractivity contribution in [3.05, 3.63) is 64.3 Å². The molecule has 9 heteroatoms. The van der Waals surface area contributed by atoms with Gasteiger partial charge in [-0.25, -0.2) is 13.1 Å². The van der Waals surface area contributed by atoms with E-state index in [1.54, 1.807) is 19.4 Å². The number of aromatic nitrogens is 2. The number of benzene rings is 1. The van der Waals surface area contributed by atoms with Crippen LogP contribution in [-0.2, 0) is 16.6 Å². The van der Waals surface area contributed by atoms with E-state index < -0.39 is 16.1 Å². The van der Waals surface area contributed by atoms with Gasteiger partial charge in [0.15, 0.2) is 0 Å². The SMILES string of the molecule is COc1ccc(Cn2nccc2C(NS(=O)(=O)c2ccc(Cl)s2)C(C)C)cc1. The molecule has 28 heavy (non-hydrogen) atoms. The fourth-order valence-corrected chi connectivity index (χ4v) is 5.71. The zero-order valence-corrected chi connectivity index (χ0v) is 18.2. The molecule has 2 heterocycles. The maximum atomic E-state index is 12.8. The Bertz CT molecular complexity index is 1030. The number of methoxy groups -OCH3 is 1. The maximum absolute atomic E-state index is 12.8. The lowest BCUT2D eigenvalue weighted by molar-refractivity contribution is 0.414. The minimum absolute atomic E-state index is 0.0246. The van der Waals surface area contributed by atoms with Crippen molar-refractivity contribution in [3.8, 4) is 5.75 Å². The molecule has 150 valence electrons. The second kappa shape index (κ2) is 8.65. The third kappa shape index (κ3) is 4.75. The van der Waals surface area contributed by atoms with Gasteiger partial charge < -0.3 is 4.74 Å². The van der Waals surface area contributed by atoms with Gasteiger partial charge >= 0.3 is 0 Å². The topological polar surface area (TPSA) is 73.2 Å². The first kappa shape index (κ1) is 20.9. The van der Waals surface area contributed by atoms with Gasteiger partial charge in [-0.3, -0.25) is 4.68 Å². The van der Waals surface area contributed by atoms with Crippen LogP contribution in [0.1, 0.15) is 31.1 Å². The number of hydrogen-bond donors (Lipinski definition) is 1. The molecule has 3 rings (SSSR count). The van der Waals surface area contributed by atoms with Crippen LogP contribution in [0.2, 0.25) is 4.34 Å². The molecule has 2 aromatic heterocycles. The van der Waals surface area contributed by atoms with Gasteiger partial charge in [0, 0.05) is 6.20 Å². The molecule has 0 spiro atoms. The molecular weight excluding hydrogens is 418 g/mol. The minimum Gasteiger partial charge on any atom is -0.497 e. The van der Waals surface area contributed by atoms with Gasteiger partial charge in [0.2, 0.25) is 0 Å². The molecule has 0 aliphatic heterocycles. The Morgan fingerprint density at radius 2 is 1.89 bits per heavy atom. The van der Waals surface area contributed by atoms with Crippen molar-refractivity contribution in [1.82, 2.24) is 14.5 Å². The Balaban J connectivity index is 1.86. The average molecular weight is 440 g/mol. The molecule has 0 amide bonds. The van der Waals surface area contributed by atoms with E-state index >= 15 is 0 Å². The van der Waals surface area contributed by atoms with Crippen LogP contribution in [0.5, 0.6) is 5.75 Å². The molecule has 1 N–H and O–H groups in total. The zero-order valence-electron chi connectivity index (χ0n) is 15.8. The Hall–Kier alpha value is -1.87. The van der Waals surface area contributed by atoms with Crippen LogP contribution in [0.15, 0.2) is 52.9 Å². The summed E-state index contributed by atoms with van der Waals surface area (Å²) in [5.74, 6) is 0.809. The number of rotatable bonds is 8. The van der Waals surface area contributed by atoms with Gasteiger partial charge in [-0.05, 0) is 41.8 Å².